The van der Waals surface area contributed by atoms with Crippen LogP contribution >= 0.6 is 11.6 Å². The number of fused-ring (bicyclic) bond motifs is 3. The molecule has 2 heterocycles. The first-order chi connectivity index (χ1) is 30.1. The summed E-state index contributed by atoms with van der Waals surface area (Å²) in [4.78, 5) is 34.8. The third-order valence-corrected chi connectivity index (χ3v) is 14.0. The van der Waals surface area contributed by atoms with Crippen molar-refractivity contribution in [3.63, 3.8) is 0 Å². The molecule has 1 amide bonds. The minimum Gasteiger partial charge on any atom is -0.494 e. The Morgan fingerprint density at radius 2 is 1.79 bits per heavy atom. The number of carbonyl (C=O) groups excluding carboxylic acids is 1. The highest BCUT2D eigenvalue weighted by atomic mass is 35.5. The second-order valence-electron chi connectivity index (χ2n) is 18.0. The lowest BCUT2D eigenvalue weighted by molar-refractivity contribution is -0.144. The van der Waals surface area contributed by atoms with Crippen molar-refractivity contribution in [3.05, 3.63) is 136 Å². The molecule has 0 saturated heterocycles. The molecule has 5 aromatic rings. The molecular formula is C52H59ClN4O5. The smallest absolute Gasteiger partial charge is 0.329 e. The molecule has 0 aliphatic heterocycles. The van der Waals surface area contributed by atoms with Gasteiger partial charge in [0.05, 0.1) is 13.2 Å². The van der Waals surface area contributed by atoms with E-state index in [9.17, 15) is 14.7 Å². The zero-order chi connectivity index (χ0) is 43.1. The quantitative estimate of drug-likeness (QED) is 0.0791. The maximum absolute atomic E-state index is 13.1. The molecule has 2 aromatic heterocycles. The number of anilines is 1. The number of nitrogens with one attached hydrogen (secondary N) is 2. The van der Waals surface area contributed by atoms with Gasteiger partial charge in [0.1, 0.15) is 17.0 Å². The number of rotatable bonds is 17. The van der Waals surface area contributed by atoms with E-state index in [2.05, 4.69) is 70.8 Å². The van der Waals surface area contributed by atoms with Crippen molar-refractivity contribution in [3.8, 4) is 22.6 Å². The number of carboxylic acids is 1. The van der Waals surface area contributed by atoms with Gasteiger partial charge in [0.2, 0.25) is 5.91 Å². The van der Waals surface area contributed by atoms with Gasteiger partial charge in [-0.25, -0.2) is 4.79 Å². The number of aryl methyl sites for hydroxylation is 1. The van der Waals surface area contributed by atoms with E-state index in [1.807, 2.05) is 48.8 Å². The summed E-state index contributed by atoms with van der Waals surface area (Å²) in [7, 11) is 0. The van der Waals surface area contributed by atoms with Gasteiger partial charge in [-0.2, -0.15) is 0 Å². The molecule has 1 saturated carbocycles. The Kier molecular flexibility index (Phi) is 13.5. The molecule has 1 fully saturated rings. The van der Waals surface area contributed by atoms with Crippen LogP contribution in [0.25, 0.3) is 11.1 Å². The number of benzene rings is 3. The van der Waals surface area contributed by atoms with Crippen LogP contribution in [0.3, 0.4) is 0 Å². The largest absolute Gasteiger partial charge is 0.494 e. The molecule has 3 aliphatic carbocycles. The van der Waals surface area contributed by atoms with Crippen LogP contribution in [0.2, 0.25) is 5.02 Å². The number of amides is 1. The maximum atomic E-state index is 13.1. The summed E-state index contributed by atoms with van der Waals surface area (Å²) in [5.41, 5.74) is 7.78. The van der Waals surface area contributed by atoms with E-state index in [4.69, 9.17) is 21.1 Å². The van der Waals surface area contributed by atoms with E-state index < -0.39 is 11.5 Å². The molecule has 8 rings (SSSR count). The molecule has 0 unspecified atom stereocenters. The fourth-order valence-corrected chi connectivity index (χ4v) is 10.7. The Morgan fingerprint density at radius 3 is 2.60 bits per heavy atom. The van der Waals surface area contributed by atoms with E-state index in [1.165, 1.54) is 28.8 Å². The first-order valence-electron chi connectivity index (χ1n) is 22.5. The topological polar surface area (TPSA) is 123 Å². The van der Waals surface area contributed by atoms with Gasteiger partial charge in [-0.3, -0.25) is 14.8 Å². The van der Waals surface area contributed by atoms with Crippen LogP contribution in [-0.4, -0.2) is 52.2 Å². The highest BCUT2D eigenvalue weighted by molar-refractivity contribution is 6.30. The van der Waals surface area contributed by atoms with Crippen LogP contribution in [0.4, 0.5) is 5.69 Å². The predicted octanol–water partition coefficient (Wildman–Crippen LogP) is 10.8. The van der Waals surface area contributed by atoms with Crippen LogP contribution in [0, 0.1) is 11.8 Å². The Labute approximate surface area is 371 Å². The van der Waals surface area contributed by atoms with E-state index in [-0.39, 0.29) is 17.2 Å². The van der Waals surface area contributed by atoms with Crippen LogP contribution in [0.15, 0.2) is 104 Å². The third kappa shape index (κ3) is 9.78. The lowest BCUT2D eigenvalue weighted by Gasteiger charge is -2.47. The average molecular weight is 856 g/mol. The molecule has 9 nitrogen and oxygen atoms in total. The van der Waals surface area contributed by atoms with Crippen LogP contribution in [0.5, 0.6) is 11.5 Å². The zero-order valence-corrected chi connectivity index (χ0v) is 36.8. The fraction of sp³-hybridized carbons (Fsp3) is 0.423. The average Bonchev–Trinajstić information content (AvgIpc) is 3.56. The molecule has 62 heavy (non-hydrogen) atoms. The van der Waals surface area contributed by atoms with Gasteiger partial charge in [-0.15, -0.1) is 0 Å². The molecule has 3 atom stereocenters. The summed E-state index contributed by atoms with van der Waals surface area (Å²) in [6.45, 7) is 6.16. The number of hydrogen-bond acceptors (Lipinski definition) is 7. The number of ether oxygens (including phenoxy) is 2. The van der Waals surface area contributed by atoms with Crippen molar-refractivity contribution < 1.29 is 24.2 Å². The van der Waals surface area contributed by atoms with Gasteiger partial charge in [0.25, 0.3) is 0 Å². The van der Waals surface area contributed by atoms with Crippen LogP contribution in [0.1, 0.15) is 106 Å². The predicted molar refractivity (Wildman–Crippen MR) is 245 cm³/mol. The Hall–Kier alpha value is -5.41. The molecule has 1 spiro atoms. The Morgan fingerprint density at radius 1 is 0.952 bits per heavy atom. The highest BCUT2D eigenvalue weighted by Gasteiger charge is 2.54. The van der Waals surface area contributed by atoms with Crippen molar-refractivity contribution in [2.45, 2.75) is 108 Å². The van der Waals surface area contributed by atoms with Crippen molar-refractivity contribution in [2.24, 2.45) is 11.8 Å². The lowest BCUT2D eigenvalue weighted by atomic mass is 9.59. The molecule has 10 heteroatoms. The second kappa shape index (κ2) is 19.3. The minimum atomic E-state index is -1.10. The summed E-state index contributed by atoms with van der Waals surface area (Å²) < 4.78 is 12.9. The van der Waals surface area contributed by atoms with Gasteiger partial charge in [0, 0.05) is 53.5 Å². The van der Waals surface area contributed by atoms with Gasteiger partial charge >= 0.3 is 5.97 Å². The summed E-state index contributed by atoms with van der Waals surface area (Å²) in [6.07, 6.45) is 14.9. The number of pyridine rings is 2. The van der Waals surface area contributed by atoms with Gasteiger partial charge in [-0.05, 0) is 164 Å². The zero-order valence-electron chi connectivity index (χ0n) is 36.0. The number of carbonyl (C=O) groups is 2. The third-order valence-electron chi connectivity index (χ3n) is 13.7. The number of aliphatic carboxylic acids is 1. The van der Waals surface area contributed by atoms with Crippen molar-refractivity contribution in [2.75, 3.05) is 25.1 Å². The molecule has 3 aliphatic rings. The normalized spacial score (nSPS) is 22.0. The SMILES string of the molecule is C[C@@H](COc1ccnc2c1[C@H](C)CCC2)C[C@H]1Cc2ccc(OCCCC(=O)NCCc3cccc(-c4cccnc4)c3)cc2C12CCC(Nc1cccc(Cl)c1)(C(=O)O)CC2. The van der Waals surface area contributed by atoms with Gasteiger partial charge in [-0.1, -0.05) is 67.9 Å². The minimum absolute atomic E-state index is 0.0136. The number of nitrogens with zero attached hydrogens (tertiary/aromatic N) is 2. The van der Waals surface area contributed by atoms with Crippen LogP contribution < -0.4 is 20.1 Å². The van der Waals surface area contributed by atoms with Crippen LogP contribution in [-0.2, 0) is 34.3 Å². The summed E-state index contributed by atoms with van der Waals surface area (Å²) in [5.74, 6) is 1.97. The van der Waals surface area contributed by atoms with E-state index >= 15 is 0 Å². The Balaban J connectivity index is 0.911. The summed E-state index contributed by atoms with van der Waals surface area (Å²) >= 11 is 6.32. The molecular weight excluding hydrogens is 796 g/mol. The molecule has 324 valence electrons. The van der Waals surface area contributed by atoms with E-state index in [0.717, 1.165) is 73.1 Å². The van der Waals surface area contributed by atoms with Crippen molar-refractivity contribution in [1.29, 1.82) is 0 Å². The second-order valence-corrected chi connectivity index (χ2v) is 18.4. The summed E-state index contributed by atoms with van der Waals surface area (Å²) in [5, 5.41) is 17.8. The van der Waals surface area contributed by atoms with Gasteiger partial charge in [0.15, 0.2) is 0 Å². The fourth-order valence-electron chi connectivity index (χ4n) is 10.5. The number of halogens is 1. The number of hydrogen-bond donors (Lipinski definition) is 3. The number of carboxylic acid groups (broad SMARTS) is 1. The standard InChI is InChI=1S/C52H59ClN4O5/c1-35(34-62-47-19-26-55-46-14-3-8-36(2)49(46)47)28-41-30-39-16-17-44(32-45(39)51(41)20-22-52(23-21-51,50(59)60)57-43-13-5-12-42(53)31-43)61-27-7-15-48(58)56-25-18-37-9-4-10-38(29-37)40-11-6-24-54-33-40/h4-6,9-13,16-17,19,24,26,29,31-33,35-36,41,57H,3,7-8,14-15,18,20-23,25,27-28,30,34H2,1-2H3,(H,56,58)(H,59,60)/t35-,36-,41+,51?,52?/m1/s1. The van der Waals surface area contributed by atoms with Gasteiger partial charge < -0.3 is 25.2 Å². The van der Waals surface area contributed by atoms with E-state index in [1.54, 1.807) is 18.3 Å². The Bertz CT molecular complexity index is 2350. The first-order valence-corrected chi connectivity index (χ1v) is 22.9. The molecule has 0 radical (unpaired) electrons. The summed E-state index contributed by atoms with van der Waals surface area (Å²) in [6, 6.07) is 28.2. The monoisotopic (exact) mass is 854 g/mol. The van der Waals surface area contributed by atoms with Crippen molar-refractivity contribution in [1.82, 2.24) is 15.3 Å². The number of aromatic nitrogens is 2. The molecule has 3 aromatic carbocycles. The highest BCUT2D eigenvalue weighted by Crippen LogP contribution is 2.57. The maximum Gasteiger partial charge on any atom is 0.329 e. The first kappa shape index (κ1) is 43.2. The van der Waals surface area contributed by atoms with E-state index in [0.29, 0.717) is 68.0 Å². The molecule has 0 bridgehead atoms. The van der Waals surface area contributed by atoms with Crippen molar-refractivity contribution >= 4 is 29.2 Å². The molecule has 3 N–H and O–H groups in total. The lowest BCUT2D eigenvalue weighted by Crippen LogP contribution is -2.53.